The van der Waals surface area contributed by atoms with E-state index in [4.69, 9.17) is 22.1 Å². The first-order valence-corrected chi connectivity index (χ1v) is 7.66. The number of hydrogen-bond donors (Lipinski definition) is 1. The fourth-order valence-electron chi connectivity index (χ4n) is 2.50. The maximum Gasteiger partial charge on any atom is 0.125 e. The molecule has 0 bridgehead atoms. The van der Waals surface area contributed by atoms with Crippen molar-refractivity contribution in [2.45, 2.75) is 32.2 Å². The lowest BCUT2D eigenvalue weighted by Crippen LogP contribution is -2.22. The Labute approximate surface area is 144 Å². The van der Waals surface area contributed by atoms with Gasteiger partial charge in [-0.25, -0.2) is 0 Å². The molecule has 0 fully saturated rings. The van der Waals surface area contributed by atoms with Crippen LogP contribution < -0.4 is 10.5 Å². The predicted octanol–water partition coefficient (Wildman–Crippen LogP) is 4.64. The molecule has 0 radical (unpaired) electrons. The first-order valence-electron chi connectivity index (χ1n) is 7.28. The molecule has 0 heterocycles. The van der Waals surface area contributed by atoms with Crippen molar-refractivity contribution in [2.24, 2.45) is 5.73 Å². The van der Waals surface area contributed by atoms with Crippen LogP contribution in [0.5, 0.6) is 5.75 Å². The van der Waals surface area contributed by atoms with E-state index in [0.29, 0.717) is 0 Å². The molecule has 0 aliphatic heterocycles. The molecular weight excluding hydrogens is 317 g/mol. The number of hydrogen-bond acceptors (Lipinski definition) is 2. The Bertz CT molecular complexity index is 587. The van der Waals surface area contributed by atoms with E-state index in [2.05, 4.69) is 19.1 Å². The third kappa shape index (κ3) is 4.91. The summed E-state index contributed by atoms with van der Waals surface area (Å²) in [5, 5.41) is 0.736. The van der Waals surface area contributed by atoms with E-state index in [0.717, 1.165) is 41.2 Å². The van der Waals surface area contributed by atoms with Crippen LogP contribution in [0.1, 0.15) is 30.0 Å². The summed E-state index contributed by atoms with van der Waals surface area (Å²) in [6, 6.07) is 14.4. The molecular formula is C18H23Cl2NO. The van der Waals surface area contributed by atoms with Crippen LogP contribution in [0.15, 0.2) is 42.5 Å². The molecule has 0 saturated heterocycles. The second kappa shape index (κ2) is 9.04. The molecule has 0 saturated carbocycles. The quantitative estimate of drug-likeness (QED) is 0.831. The van der Waals surface area contributed by atoms with Gasteiger partial charge >= 0.3 is 0 Å². The lowest BCUT2D eigenvalue weighted by Gasteiger charge is -2.17. The highest BCUT2D eigenvalue weighted by Crippen LogP contribution is 2.31. The van der Waals surface area contributed by atoms with Gasteiger partial charge in [-0.1, -0.05) is 48.9 Å². The molecule has 1 unspecified atom stereocenters. The molecule has 120 valence electrons. The van der Waals surface area contributed by atoms with Crippen molar-refractivity contribution < 1.29 is 4.74 Å². The minimum Gasteiger partial charge on any atom is -0.496 e. The Kier molecular flexibility index (Phi) is 7.74. The van der Waals surface area contributed by atoms with Crippen molar-refractivity contribution >= 4 is 24.0 Å². The lowest BCUT2D eigenvalue weighted by molar-refractivity contribution is 0.403. The Morgan fingerprint density at radius 3 is 2.36 bits per heavy atom. The molecule has 4 heteroatoms. The topological polar surface area (TPSA) is 35.2 Å². The highest BCUT2D eigenvalue weighted by Gasteiger charge is 2.14. The minimum atomic E-state index is 0. The average molecular weight is 340 g/mol. The molecule has 0 amide bonds. The second-order valence-corrected chi connectivity index (χ2v) is 5.73. The van der Waals surface area contributed by atoms with Gasteiger partial charge in [-0.2, -0.15) is 0 Å². The molecule has 2 aromatic rings. The van der Waals surface area contributed by atoms with Gasteiger partial charge in [0, 0.05) is 23.0 Å². The Hall–Kier alpha value is -1.22. The van der Waals surface area contributed by atoms with Crippen molar-refractivity contribution in [1.29, 1.82) is 0 Å². The molecule has 0 aromatic heterocycles. The van der Waals surface area contributed by atoms with E-state index in [1.165, 1.54) is 5.56 Å². The van der Waals surface area contributed by atoms with Gasteiger partial charge in [0.05, 0.1) is 7.11 Å². The molecule has 1 atom stereocenters. The monoisotopic (exact) mass is 339 g/mol. The first kappa shape index (κ1) is 18.8. The van der Waals surface area contributed by atoms with Crippen LogP contribution in [-0.2, 0) is 12.8 Å². The van der Waals surface area contributed by atoms with Crippen LogP contribution in [0, 0.1) is 0 Å². The number of methoxy groups -OCH3 is 1. The summed E-state index contributed by atoms with van der Waals surface area (Å²) >= 11 is 6.28. The van der Waals surface area contributed by atoms with E-state index >= 15 is 0 Å². The van der Waals surface area contributed by atoms with E-state index < -0.39 is 0 Å². The van der Waals surface area contributed by atoms with Gasteiger partial charge in [-0.3, -0.25) is 0 Å². The van der Waals surface area contributed by atoms with Crippen molar-refractivity contribution in [2.75, 3.05) is 7.11 Å². The number of nitrogens with two attached hydrogens (primary N) is 1. The van der Waals surface area contributed by atoms with Gasteiger partial charge in [0.2, 0.25) is 0 Å². The summed E-state index contributed by atoms with van der Waals surface area (Å²) in [5.41, 5.74) is 9.52. The van der Waals surface area contributed by atoms with E-state index in [-0.39, 0.29) is 18.4 Å². The maximum atomic E-state index is 6.28. The van der Waals surface area contributed by atoms with Crippen molar-refractivity contribution in [3.8, 4) is 5.75 Å². The smallest absolute Gasteiger partial charge is 0.125 e. The number of ether oxygens (including phenoxy) is 1. The average Bonchev–Trinajstić information content (AvgIpc) is 2.48. The summed E-state index contributed by atoms with van der Waals surface area (Å²) in [5.74, 6) is 0.909. The molecule has 2 rings (SSSR count). The molecule has 22 heavy (non-hydrogen) atoms. The van der Waals surface area contributed by atoms with Crippen LogP contribution in [0.25, 0.3) is 0 Å². The predicted molar refractivity (Wildman–Crippen MR) is 96.5 cm³/mol. The largest absolute Gasteiger partial charge is 0.496 e. The van der Waals surface area contributed by atoms with E-state index in [9.17, 15) is 0 Å². The van der Waals surface area contributed by atoms with Gasteiger partial charge < -0.3 is 10.5 Å². The fraction of sp³-hybridized carbons (Fsp3) is 0.333. The van der Waals surface area contributed by atoms with Gasteiger partial charge in [-0.05, 0) is 36.1 Å². The van der Waals surface area contributed by atoms with Gasteiger partial charge in [-0.15, -0.1) is 12.4 Å². The fourth-order valence-corrected chi connectivity index (χ4v) is 2.76. The SMILES string of the molecule is CCC(N)Cc1cc(Cl)cc(Cc2ccccc2)c1OC.Cl. The van der Waals surface area contributed by atoms with E-state index in [1.54, 1.807) is 7.11 Å². The summed E-state index contributed by atoms with van der Waals surface area (Å²) in [6.07, 6.45) is 2.52. The number of rotatable bonds is 6. The molecule has 0 aliphatic rings. The van der Waals surface area contributed by atoms with Crippen LogP contribution in [-0.4, -0.2) is 13.2 Å². The third-order valence-corrected chi connectivity index (χ3v) is 3.87. The summed E-state index contributed by atoms with van der Waals surface area (Å²) in [6.45, 7) is 2.09. The molecule has 2 aromatic carbocycles. The van der Waals surface area contributed by atoms with E-state index in [1.807, 2.05) is 30.3 Å². The van der Waals surface area contributed by atoms with Crippen LogP contribution in [0.4, 0.5) is 0 Å². The highest BCUT2D eigenvalue weighted by molar-refractivity contribution is 6.30. The molecule has 2 nitrogen and oxygen atoms in total. The number of benzene rings is 2. The van der Waals surface area contributed by atoms with Crippen LogP contribution >= 0.6 is 24.0 Å². The molecule has 0 spiro atoms. The third-order valence-electron chi connectivity index (χ3n) is 3.66. The summed E-state index contributed by atoms with van der Waals surface area (Å²) in [7, 11) is 1.71. The standard InChI is InChI=1S/C18H22ClNO.ClH/c1-3-17(20)12-15-11-16(19)10-14(18(15)21-2)9-13-7-5-4-6-8-13;/h4-8,10-11,17H,3,9,12,20H2,1-2H3;1H. The van der Waals surface area contributed by atoms with Crippen molar-refractivity contribution in [3.63, 3.8) is 0 Å². The second-order valence-electron chi connectivity index (χ2n) is 5.29. The van der Waals surface area contributed by atoms with Crippen molar-refractivity contribution in [3.05, 3.63) is 64.2 Å². The highest BCUT2D eigenvalue weighted by atomic mass is 35.5. The zero-order valence-electron chi connectivity index (χ0n) is 13.0. The van der Waals surface area contributed by atoms with Crippen molar-refractivity contribution in [1.82, 2.24) is 0 Å². The number of halogens is 2. The molecule has 2 N–H and O–H groups in total. The molecule has 0 aliphatic carbocycles. The zero-order valence-corrected chi connectivity index (χ0v) is 14.6. The van der Waals surface area contributed by atoms with Gasteiger partial charge in [0.1, 0.15) is 5.75 Å². The normalized spacial score (nSPS) is 11.6. The minimum absolute atomic E-state index is 0. The Balaban J connectivity index is 0.00000242. The van der Waals surface area contributed by atoms with Gasteiger partial charge in [0.15, 0.2) is 0 Å². The summed E-state index contributed by atoms with van der Waals surface area (Å²) in [4.78, 5) is 0. The first-order chi connectivity index (χ1) is 10.1. The van der Waals surface area contributed by atoms with Gasteiger partial charge in [0.25, 0.3) is 0 Å². The lowest BCUT2D eigenvalue weighted by atomic mass is 9.97. The Morgan fingerprint density at radius 1 is 1.14 bits per heavy atom. The van der Waals surface area contributed by atoms with Crippen LogP contribution in [0.3, 0.4) is 0 Å². The van der Waals surface area contributed by atoms with Crippen LogP contribution in [0.2, 0.25) is 5.02 Å². The Morgan fingerprint density at radius 2 is 1.77 bits per heavy atom. The zero-order chi connectivity index (χ0) is 15.2. The summed E-state index contributed by atoms with van der Waals surface area (Å²) < 4.78 is 5.63. The maximum absolute atomic E-state index is 6.28.